The normalized spacial score (nSPS) is 12.9. The summed E-state index contributed by atoms with van der Waals surface area (Å²) >= 11 is 0. The van der Waals surface area contributed by atoms with E-state index in [1.54, 1.807) is 5.10 Å². The molecule has 80 valence electrons. The van der Waals surface area contributed by atoms with Crippen LogP contribution in [-0.2, 0) is 9.84 Å². The number of hydrogen-bond acceptors (Lipinski definition) is 4. The van der Waals surface area contributed by atoms with Crippen molar-refractivity contribution in [2.75, 3.05) is 7.11 Å². The van der Waals surface area contributed by atoms with Crippen molar-refractivity contribution < 1.29 is 26.3 Å². The number of methoxy groups -OCH3 is 1. The molecule has 0 amide bonds. The Morgan fingerprint density at radius 1 is 1.50 bits per heavy atom. The maximum atomic E-state index is 12.0. The van der Waals surface area contributed by atoms with Crippen LogP contribution in [0.5, 0.6) is 5.88 Å². The quantitative estimate of drug-likeness (QED) is 0.812. The van der Waals surface area contributed by atoms with E-state index in [0.717, 1.165) is 7.11 Å². The number of aromatic amines is 1. The van der Waals surface area contributed by atoms with E-state index < -0.39 is 20.4 Å². The lowest BCUT2D eigenvalue weighted by Crippen LogP contribution is -2.23. The van der Waals surface area contributed by atoms with Crippen molar-refractivity contribution in [1.82, 2.24) is 10.2 Å². The molecule has 0 bridgehead atoms. The lowest BCUT2D eigenvalue weighted by atomic mass is 10.7. The highest BCUT2D eigenvalue weighted by atomic mass is 32.2. The van der Waals surface area contributed by atoms with E-state index in [0.29, 0.717) is 6.07 Å². The molecule has 0 spiro atoms. The Hall–Kier alpha value is -1.25. The molecule has 0 aliphatic carbocycles. The minimum Gasteiger partial charge on any atom is -0.480 e. The number of sulfone groups is 1. The summed E-state index contributed by atoms with van der Waals surface area (Å²) in [5, 5.41) is 3.87. The Morgan fingerprint density at radius 2 is 2.07 bits per heavy atom. The summed E-state index contributed by atoms with van der Waals surface area (Å²) in [5.41, 5.74) is -5.34. The molecule has 0 aromatic carbocycles. The summed E-state index contributed by atoms with van der Waals surface area (Å²) in [6.45, 7) is 0. The van der Waals surface area contributed by atoms with E-state index in [1.807, 2.05) is 0 Å². The number of aromatic nitrogens is 2. The predicted molar refractivity (Wildman–Crippen MR) is 38.4 cm³/mol. The van der Waals surface area contributed by atoms with E-state index in [2.05, 4.69) is 9.84 Å². The highest BCUT2D eigenvalue weighted by Crippen LogP contribution is 2.30. The van der Waals surface area contributed by atoms with E-state index in [1.165, 1.54) is 0 Å². The molecule has 0 radical (unpaired) electrons. The van der Waals surface area contributed by atoms with Crippen LogP contribution in [0.25, 0.3) is 0 Å². The Kier molecular flexibility index (Phi) is 2.44. The van der Waals surface area contributed by atoms with Crippen LogP contribution in [0.3, 0.4) is 0 Å². The van der Waals surface area contributed by atoms with Gasteiger partial charge in [0, 0.05) is 6.07 Å². The van der Waals surface area contributed by atoms with Crippen molar-refractivity contribution in [3.8, 4) is 5.88 Å². The zero-order valence-corrected chi connectivity index (χ0v) is 7.61. The molecule has 14 heavy (non-hydrogen) atoms. The summed E-state index contributed by atoms with van der Waals surface area (Å²) in [7, 11) is -4.21. The van der Waals surface area contributed by atoms with Gasteiger partial charge in [0.1, 0.15) is 0 Å². The van der Waals surface area contributed by atoms with Gasteiger partial charge in [0.15, 0.2) is 5.03 Å². The van der Waals surface area contributed by atoms with Gasteiger partial charge in [-0.05, 0) is 0 Å². The van der Waals surface area contributed by atoms with E-state index in [-0.39, 0.29) is 5.88 Å². The number of H-pyrrole nitrogens is 1. The van der Waals surface area contributed by atoms with Crippen molar-refractivity contribution >= 4 is 9.84 Å². The van der Waals surface area contributed by atoms with Gasteiger partial charge in [0.2, 0.25) is 5.88 Å². The second-order valence-corrected chi connectivity index (χ2v) is 4.13. The number of nitrogens with one attached hydrogen (secondary N) is 1. The lowest BCUT2D eigenvalue weighted by Gasteiger charge is -2.04. The first kappa shape index (κ1) is 10.8. The minimum absolute atomic E-state index is 0.229. The number of nitrogens with zero attached hydrogens (tertiary/aromatic N) is 1. The highest BCUT2D eigenvalue weighted by Gasteiger charge is 2.48. The fourth-order valence-electron chi connectivity index (χ4n) is 0.654. The van der Waals surface area contributed by atoms with Crippen molar-refractivity contribution in [2.24, 2.45) is 0 Å². The van der Waals surface area contributed by atoms with Gasteiger partial charge in [-0.3, -0.25) is 5.10 Å². The molecule has 0 aliphatic heterocycles. The summed E-state index contributed by atoms with van der Waals surface area (Å²) in [6, 6.07) is 0.656. The van der Waals surface area contributed by atoms with Gasteiger partial charge in [-0.25, -0.2) is 8.42 Å². The van der Waals surface area contributed by atoms with Crippen LogP contribution in [0, 0.1) is 0 Å². The van der Waals surface area contributed by atoms with Crippen LogP contribution in [0.2, 0.25) is 0 Å². The summed E-state index contributed by atoms with van der Waals surface area (Å²) in [4.78, 5) is 0. The summed E-state index contributed by atoms with van der Waals surface area (Å²) < 4.78 is 61.8. The van der Waals surface area contributed by atoms with Gasteiger partial charge in [-0.15, -0.1) is 5.10 Å². The first-order chi connectivity index (χ1) is 6.29. The second kappa shape index (κ2) is 3.15. The van der Waals surface area contributed by atoms with Gasteiger partial charge >= 0.3 is 5.51 Å². The Bertz CT molecular complexity index is 422. The van der Waals surface area contributed by atoms with Gasteiger partial charge in [0.05, 0.1) is 7.11 Å². The number of rotatable bonds is 2. The topological polar surface area (TPSA) is 72.1 Å². The molecule has 0 aliphatic rings. The first-order valence-corrected chi connectivity index (χ1v) is 4.68. The molecule has 0 fully saturated rings. The highest BCUT2D eigenvalue weighted by molar-refractivity contribution is 7.92. The standard InChI is InChI=1S/C5H5F3N2O3S/c1-13-3-2-4(10-9-3)14(11,12)5(6,7)8/h2H,1H3,(H,9,10). The van der Waals surface area contributed by atoms with Crippen LogP contribution in [0.15, 0.2) is 11.1 Å². The van der Waals surface area contributed by atoms with Crippen LogP contribution in [0.1, 0.15) is 0 Å². The zero-order chi connectivity index (χ0) is 11.0. The SMILES string of the molecule is COc1cc(S(=O)(=O)C(F)(F)F)[nH]n1. The smallest absolute Gasteiger partial charge is 0.480 e. The second-order valence-electron chi connectivity index (χ2n) is 2.22. The van der Waals surface area contributed by atoms with E-state index in [9.17, 15) is 21.6 Å². The third-order valence-electron chi connectivity index (χ3n) is 1.33. The van der Waals surface area contributed by atoms with Gasteiger partial charge in [-0.1, -0.05) is 0 Å². The molecular weight excluding hydrogens is 225 g/mol. The third kappa shape index (κ3) is 1.67. The molecule has 9 heteroatoms. The van der Waals surface area contributed by atoms with Crippen molar-refractivity contribution in [2.45, 2.75) is 10.5 Å². The zero-order valence-electron chi connectivity index (χ0n) is 6.79. The van der Waals surface area contributed by atoms with E-state index in [4.69, 9.17) is 0 Å². The number of alkyl halides is 3. The van der Waals surface area contributed by atoms with Crippen molar-refractivity contribution in [3.63, 3.8) is 0 Å². The van der Waals surface area contributed by atoms with Crippen LogP contribution >= 0.6 is 0 Å². The Balaban J connectivity index is 3.18. The molecule has 1 N–H and O–H groups in total. The fourth-order valence-corrected chi connectivity index (χ4v) is 1.32. The lowest BCUT2D eigenvalue weighted by molar-refractivity contribution is -0.0438. The third-order valence-corrected chi connectivity index (χ3v) is 2.73. The summed E-state index contributed by atoms with van der Waals surface area (Å²) in [5.74, 6) is -0.229. The van der Waals surface area contributed by atoms with Crippen LogP contribution in [-0.4, -0.2) is 31.2 Å². The predicted octanol–water partition coefficient (Wildman–Crippen LogP) is 0.712. The minimum atomic E-state index is -5.36. The van der Waals surface area contributed by atoms with Gasteiger partial charge in [0.25, 0.3) is 9.84 Å². The molecule has 0 unspecified atom stereocenters. The fraction of sp³-hybridized carbons (Fsp3) is 0.400. The molecule has 1 heterocycles. The molecular formula is C5H5F3N2O3S. The largest absolute Gasteiger partial charge is 0.503 e. The maximum absolute atomic E-state index is 12.0. The van der Waals surface area contributed by atoms with E-state index >= 15 is 0 Å². The Labute approximate surface area is 76.8 Å². The number of halogens is 3. The summed E-state index contributed by atoms with van der Waals surface area (Å²) in [6.07, 6.45) is 0. The monoisotopic (exact) mass is 230 g/mol. The number of ether oxygens (including phenoxy) is 1. The molecule has 1 rings (SSSR count). The van der Waals surface area contributed by atoms with Crippen LogP contribution in [0.4, 0.5) is 13.2 Å². The maximum Gasteiger partial charge on any atom is 0.503 e. The molecule has 1 aromatic rings. The molecule has 5 nitrogen and oxygen atoms in total. The number of hydrogen-bond donors (Lipinski definition) is 1. The van der Waals surface area contributed by atoms with Crippen LogP contribution < -0.4 is 4.74 Å². The molecule has 0 atom stereocenters. The first-order valence-electron chi connectivity index (χ1n) is 3.20. The average molecular weight is 230 g/mol. The molecule has 1 aromatic heterocycles. The van der Waals surface area contributed by atoms with Gasteiger partial charge in [-0.2, -0.15) is 13.2 Å². The van der Waals surface area contributed by atoms with Gasteiger partial charge < -0.3 is 4.74 Å². The molecule has 0 saturated carbocycles. The average Bonchev–Trinajstić information content (AvgIpc) is 2.49. The van der Waals surface area contributed by atoms with Crippen molar-refractivity contribution in [1.29, 1.82) is 0 Å². The Morgan fingerprint density at radius 3 is 2.43 bits per heavy atom. The molecule has 0 saturated heterocycles. The van der Waals surface area contributed by atoms with Crippen molar-refractivity contribution in [3.05, 3.63) is 6.07 Å².